The molecule has 3 heteroatoms. The standard InChI is InChI=1S/C20H26O3/c1-14-6-8-16(12-18(14)22)20(3,4)17-9-7-15(2)19(13-17)23-11-5-10-21/h6-9,12-13,21-22H,5,10-11H2,1-4H3. The van der Waals surface area contributed by atoms with Gasteiger partial charge in [-0.2, -0.15) is 0 Å². The zero-order valence-corrected chi connectivity index (χ0v) is 14.4. The zero-order chi connectivity index (χ0) is 17.0. The van der Waals surface area contributed by atoms with Crippen LogP contribution in [0.4, 0.5) is 0 Å². The molecule has 2 aromatic rings. The van der Waals surface area contributed by atoms with E-state index in [-0.39, 0.29) is 12.0 Å². The number of aliphatic hydroxyl groups excluding tert-OH is 1. The SMILES string of the molecule is Cc1ccc(C(C)(C)c2ccc(C)c(OCCCO)c2)cc1O. The fraction of sp³-hybridized carbons (Fsp3) is 0.400. The maximum absolute atomic E-state index is 10.0. The minimum Gasteiger partial charge on any atom is -0.508 e. The second-order valence-corrected chi connectivity index (χ2v) is 6.53. The summed E-state index contributed by atoms with van der Waals surface area (Å²) in [7, 11) is 0. The third-order valence-electron chi connectivity index (χ3n) is 4.40. The molecular formula is C20H26O3. The molecule has 0 saturated carbocycles. The molecule has 3 nitrogen and oxygen atoms in total. The van der Waals surface area contributed by atoms with Gasteiger partial charge in [0.05, 0.1) is 6.61 Å². The van der Waals surface area contributed by atoms with Gasteiger partial charge in [-0.1, -0.05) is 38.1 Å². The van der Waals surface area contributed by atoms with Crippen molar-refractivity contribution >= 4 is 0 Å². The Bertz CT molecular complexity index is 675. The minimum absolute atomic E-state index is 0.132. The topological polar surface area (TPSA) is 49.7 Å². The van der Waals surface area contributed by atoms with Gasteiger partial charge in [-0.05, 0) is 48.2 Å². The molecule has 0 aromatic heterocycles. The molecule has 0 aliphatic rings. The van der Waals surface area contributed by atoms with Crippen LogP contribution in [-0.4, -0.2) is 23.4 Å². The van der Waals surface area contributed by atoms with E-state index in [4.69, 9.17) is 9.84 Å². The minimum atomic E-state index is -0.242. The molecule has 2 rings (SSSR count). The molecule has 124 valence electrons. The van der Waals surface area contributed by atoms with Gasteiger partial charge in [0.1, 0.15) is 11.5 Å². The van der Waals surface area contributed by atoms with Crippen LogP contribution in [0.15, 0.2) is 36.4 Å². The Kier molecular flexibility index (Phi) is 5.32. The normalized spacial score (nSPS) is 11.5. The van der Waals surface area contributed by atoms with Crippen molar-refractivity contribution < 1.29 is 14.9 Å². The van der Waals surface area contributed by atoms with Gasteiger partial charge in [0.25, 0.3) is 0 Å². The highest BCUT2D eigenvalue weighted by molar-refractivity contribution is 5.47. The molecule has 0 saturated heterocycles. The third kappa shape index (κ3) is 3.85. The highest BCUT2D eigenvalue weighted by Gasteiger charge is 2.24. The van der Waals surface area contributed by atoms with Crippen LogP contribution in [0.25, 0.3) is 0 Å². The number of aryl methyl sites for hydroxylation is 2. The Morgan fingerprint density at radius 2 is 1.57 bits per heavy atom. The molecular weight excluding hydrogens is 288 g/mol. The number of aromatic hydroxyl groups is 1. The van der Waals surface area contributed by atoms with E-state index in [0.29, 0.717) is 18.8 Å². The monoisotopic (exact) mass is 314 g/mol. The molecule has 0 spiro atoms. The molecule has 0 aliphatic carbocycles. The number of phenols is 1. The Morgan fingerprint density at radius 3 is 2.17 bits per heavy atom. The first kappa shape index (κ1) is 17.4. The van der Waals surface area contributed by atoms with Gasteiger partial charge >= 0.3 is 0 Å². The summed E-state index contributed by atoms with van der Waals surface area (Å²) in [6.45, 7) is 8.83. The number of benzene rings is 2. The average molecular weight is 314 g/mol. The summed E-state index contributed by atoms with van der Waals surface area (Å²) in [5, 5.41) is 18.9. The van der Waals surface area contributed by atoms with Gasteiger partial charge < -0.3 is 14.9 Å². The molecule has 0 bridgehead atoms. The van der Waals surface area contributed by atoms with E-state index in [2.05, 4.69) is 38.1 Å². The number of hydrogen-bond donors (Lipinski definition) is 2. The lowest BCUT2D eigenvalue weighted by Crippen LogP contribution is -2.19. The maximum atomic E-state index is 10.0. The van der Waals surface area contributed by atoms with E-state index in [1.807, 2.05) is 26.0 Å². The average Bonchev–Trinajstić information content (AvgIpc) is 2.51. The summed E-state index contributed by atoms with van der Waals surface area (Å²) in [6, 6.07) is 12.1. The fourth-order valence-corrected chi connectivity index (χ4v) is 2.56. The Balaban J connectivity index is 2.35. The lowest BCUT2D eigenvalue weighted by atomic mass is 9.77. The van der Waals surface area contributed by atoms with Crippen molar-refractivity contribution in [2.45, 2.75) is 39.5 Å². The molecule has 23 heavy (non-hydrogen) atoms. The Labute approximate surface area is 138 Å². The van der Waals surface area contributed by atoms with E-state index in [1.54, 1.807) is 0 Å². The molecule has 0 fully saturated rings. The second-order valence-electron chi connectivity index (χ2n) is 6.53. The Hall–Kier alpha value is -2.00. The number of phenolic OH excluding ortho intramolecular Hbond substituents is 1. The summed E-state index contributed by atoms with van der Waals surface area (Å²) in [4.78, 5) is 0. The van der Waals surface area contributed by atoms with Crippen molar-refractivity contribution in [1.82, 2.24) is 0 Å². The van der Waals surface area contributed by atoms with Crippen molar-refractivity contribution in [3.63, 3.8) is 0 Å². The first-order chi connectivity index (χ1) is 10.9. The van der Waals surface area contributed by atoms with E-state index in [9.17, 15) is 5.11 Å². The third-order valence-corrected chi connectivity index (χ3v) is 4.40. The lowest BCUT2D eigenvalue weighted by Gasteiger charge is -2.27. The van der Waals surface area contributed by atoms with Crippen LogP contribution in [0.1, 0.15) is 42.5 Å². The van der Waals surface area contributed by atoms with Crippen molar-refractivity contribution in [3.05, 3.63) is 58.7 Å². The quantitative estimate of drug-likeness (QED) is 0.789. The van der Waals surface area contributed by atoms with Gasteiger partial charge in [0, 0.05) is 18.4 Å². The van der Waals surface area contributed by atoms with Crippen molar-refractivity contribution in [3.8, 4) is 11.5 Å². The van der Waals surface area contributed by atoms with Crippen LogP contribution >= 0.6 is 0 Å². The maximum Gasteiger partial charge on any atom is 0.122 e. The van der Waals surface area contributed by atoms with Crippen molar-refractivity contribution in [2.75, 3.05) is 13.2 Å². The predicted octanol–water partition coefficient (Wildman–Crippen LogP) is 4.10. The zero-order valence-electron chi connectivity index (χ0n) is 14.4. The molecule has 0 heterocycles. The molecule has 2 aromatic carbocycles. The van der Waals surface area contributed by atoms with Crippen LogP contribution in [0, 0.1) is 13.8 Å². The summed E-state index contributed by atoms with van der Waals surface area (Å²) in [5.74, 6) is 1.17. The molecule has 0 atom stereocenters. The highest BCUT2D eigenvalue weighted by atomic mass is 16.5. The highest BCUT2D eigenvalue weighted by Crippen LogP contribution is 2.36. The first-order valence-corrected chi connectivity index (χ1v) is 8.01. The molecule has 0 amide bonds. The smallest absolute Gasteiger partial charge is 0.122 e. The lowest BCUT2D eigenvalue weighted by molar-refractivity contribution is 0.232. The number of rotatable bonds is 6. The molecule has 0 unspecified atom stereocenters. The first-order valence-electron chi connectivity index (χ1n) is 8.01. The van der Waals surface area contributed by atoms with E-state index < -0.39 is 0 Å². The molecule has 0 aliphatic heterocycles. The van der Waals surface area contributed by atoms with Crippen molar-refractivity contribution in [2.24, 2.45) is 0 Å². The fourth-order valence-electron chi connectivity index (χ4n) is 2.56. The van der Waals surface area contributed by atoms with Crippen LogP contribution in [0.2, 0.25) is 0 Å². The van der Waals surface area contributed by atoms with E-state index in [1.165, 1.54) is 0 Å². The largest absolute Gasteiger partial charge is 0.508 e. The van der Waals surface area contributed by atoms with E-state index >= 15 is 0 Å². The van der Waals surface area contributed by atoms with Crippen LogP contribution < -0.4 is 4.74 Å². The van der Waals surface area contributed by atoms with Gasteiger partial charge in [-0.15, -0.1) is 0 Å². The molecule has 2 N–H and O–H groups in total. The van der Waals surface area contributed by atoms with Crippen molar-refractivity contribution in [1.29, 1.82) is 0 Å². The summed E-state index contributed by atoms with van der Waals surface area (Å²) < 4.78 is 5.78. The molecule has 0 radical (unpaired) electrons. The van der Waals surface area contributed by atoms with Gasteiger partial charge in [0.15, 0.2) is 0 Å². The van der Waals surface area contributed by atoms with Gasteiger partial charge in [0.2, 0.25) is 0 Å². The second kappa shape index (κ2) is 7.05. The van der Waals surface area contributed by atoms with Crippen LogP contribution in [0.5, 0.6) is 11.5 Å². The number of hydrogen-bond acceptors (Lipinski definition) is 3. The number of aliphatic hydroxyl groups is 1. The summed E-state index contributed by atoms with van der Waals surface area (Å²) in [6.07, 6.45) is 0.624. The number of ether oxygens (including phenoxy) is 1. The van der Waals surface area contributed by atoms with E-state index in [0.717, 1.165) is 28.0 Å². The summed E-state index contributed by atoms with van der Waals surface area (Å²) >= 11 is 0. The van der Waals surface area contributed by atoms with Gasteiger partial charge in [-0.25, -0.2) is 0 Å². The summed E-state index contributed by atoms with van der Waals surface area (Å²) in [5.41, 5.74) is 3.90. The Morgan fingerprint density at radius 1 is 0.957 bits per heavy atom. The van der Waals surface area contributed by atoms with Crippen LogP contribution in [-0.2, 0) is 5.41 Å². The van der Waals surface area contributed by atoms with Crippen LogP contribution in [0.3, 0.4) is 0 Å². The predicted molar refractivity (Wildman–Crippen MR) is 93.3 cm³/mol. The van der Waals surface area contributed by atoms with Gasteiger partial charge in [-0.3, -0.25) is 0 Å².